The van der Waals surface area contributed by atoms with Crippen LogP contribution in [0.3, 0.4) is 0 Å². The highest BCUT2D eigenvalue weighted by Gasteiger charge is 2.68. The predicted molar refractivity (Wildman–Crippen MR) is 54.4 cm³/mol. The van der Waals surface area contributed by atoms with Crippen LogP contribution in [0.2, 0.25) is 0 Å². The van der Waals surface area contributed by atoms with Gasteiger partial charge in [0.05, 0.1) is 17.1 Å². The Labute approximate surface area is 89.8 Å². The molecule has 0 spiro atoms. The largest absolute Gasteiger partial charge is 0.386 e. The maximum absolute atomic E-state index is 12.0. The van der Waals surface area contributed by atoms with Crippen LogP contribution in [0.25, 0.3) is 0 Å². The highest BCUT2D eigenvalue weighted by atomic mass is 16.5. The second kappa shape index (κ2) is 2.46. The molecule has 0 amide bonds. The monoisotopic (exact) mass is 210 g/mol. The minimum atomic E-state index is -0.889. The van der Waals surface area contributed by atoms with Crippen LogP contribution in [0.1, 0.15) is 46.0 Å². The molecule has 1 saturated carbocycles. The Morgan fingerprint density at radius 3 is 2.87 bits per heavy atom. The molecule has 2 saturated heterocycles. The molecule has 0 aromatic carbocycles. The minimum Gasteiger partial charge on any atom is -0.386 e. The standard InChI is InChI=1S/C12H18O3/c1-10-5-4-9(15-10)12(14)6-3-8(13)11(12,2)7-10/h9,14H,3-7H2,1-2H3/t9-,10+,11-,12-/m0/s1. The van der Waals surface area contributed by atoms with E-state index in [0.717, 1.165) is 12.8 Å². The first-order valence-electron chi connectivity index (χ1n) is 5.83. The van der Waals surface area contributed by atoms with Crippen LogP contribution in [0.5, 0.6) is 0 Å². The third-order valence-corrected chi connectivity index (χ3v) is 4.93. The molecule has 0 unspecified atom stereocenters. The van der Waals surface area contributed by atoms with Gasteiger partial charge in [0.1, 0.15) is 11.4 Å². The second-order valence-electron chi connectivity index (χ2n) is 5.95. The first-order valence-corrected chi connectivity index (χ1v) is 5.83. The van der Waals surface area contributed by atoms with Crippen molar-refractivity contribution in [3.05, 3.63) is 0 Å². The highest BCUT2D eigenvalue weighted by Crippen LogP contribution is 2.60. The number of carbonyl (C=O) groups is 1. The summed E-state index contributed by atoms with van der Waals surface area (Å²) >= 11 is 0. The molecule has 3 aliphatic rings. The third kappa shape index (κ3) is 0.961. The Balaban J connectivity index is 2.10. The minimum absolute atomic E-state index is 0.118. The van der Waals surface area contributed by atoms with Gasteiger partial charge < -0.3 is 9.84 Å². The lowest BCUT2D eigenvalue weighted by molar-refractivity contribution is -0.225. The predicted octanol–water partition coefficient (Wildman–Crippen LogP) is 1.43. The van der Waals surface area contributed by atoms with Crippen molar-refractivity contribution in [1.29, 1.82) is 0 Å². The molecule has 15 heavy (non-hydrogen) atoms. The quantitative estimate of drug-likeness (QED) is 0.658. The first kappa shape index (κ1) is 9.79. The van der Waals surface area contributed by atoms with Gasteiger partial charge in [-0.05, 0) is 39.5 Å². The topological polar surface area (TPSA) is 46.5 Å². The molecule has 2 bridgehead atoms. The number of hydrogen-bond acceptors (Lipinski definition) is 3. The summed E-state index contributed by atoms with van der Waals surface area (Å²) in [5.41, 5.74) is -1.62. The van der Waals surface area contributed by atoms with E-state index >= 15 is 0 Å². The zero-order valence-electron chi connectivity index (χ0n) is 9.38. The van der Waals surface area contributed by atoms with Crippen LogP contribution in [-0.4, -0.2) is 28.2 Å². The summed E-state index contributed by atoms with van der Waals surface area (Å²) in [5, 5.41) is 10.7. The van der Waals surface area contributed by atoms with Crippen molar-refractivity contribution >= 4 is 5.78 Å². The summed E-state index contributed by atoms with van der Waals surface area (Å²) in [6.07, 6.45) is 3.55. The van der Waals surface area contributed by atoms with E-state index in [1.807, 2.05) is 6.92 Å². The van der Waals surface area contributed by atoms with Gasteiger partial charge in [-0.2, -0.15) is 0 Å². The first-order chi connectivity index (χ1) is 6.90. The Morgan fingerprint density at radius 1 is 1.40 bits per heavy atom. The SMILES string of the molecule is C[C@]12CC[C@H](O1)[C@@]1(O)CCC(=O)[C@]1(C)C2. The summed E-state index contributed by atoms with van der Waals surface area (Å²) in [7, 11) is 0. The molecule has 3 rings (SSSR count). The van der Waals surface area contributed by atoms with Crippen LogP contribution in [0.4, 0.5) is 0 Å². The average molecular weight is 210 g/mol. The van der Waals surface area contributed by atoms with Crippen molar-refractivity contribution in [2.24, 2.45) is 5.41 Å². The van der Waals surface area contributed by atoms with Gasteiger partial charge in [0.25, 0.3) is 0 Å². The lowest BCUT2D eigenvalue weighted by Crippen LogP contribution is -2.60. The number of carbonyl (C=O) groups excluding carboxylic acids is 1. The molecule has 4 atom stereocenters. The fourth-order valence-corrected chi connectivity index (χ4v) is 3.98. The fraction of sp³-hybridized carbons (Fsp3) is 0.917. The van der Waals surface area contributed by atoms with Crippen LogP contribution in [0, 0.1) is 5.41 Å². The molecule has 3 fully saturated rings. The normalized spacial score (nSPS) is 58.3. The Bertz CT molecular complexity index is 340. The van der Waals surface area contributed by atoms with Gasteiger partial charge >= 0.3 is 0 Å². The van der Waals surface area contributed by atoms with Gasteiger partial charge in [0.15, 0.2) is 0 Å². The number of hydrogen-bond donors (Lipinski definition) is 1. The summed E-state index contributed by atoms with van der Waals surface area (Å²) < 4.78 is 5.91. The molecule has 0 radical (unpaired) electrons. The van der Waals surface area contributed by atoms with E-state index in [0.29, 0.717) is 19.3 Å². The molecule has 3 nitrogen and oxygen atoms in total. The average Bonchev–Trinajstić information content (AvgIpc) is 2.61. The van der Waals surface area contributed by atoms with Crippen molar-refractivity contribution in [3.63, 3.8) is 0 Å². The summed E-state index contributed by atoms with van der Waals surface area (Å²) in [6.45, 7) is 4.00. The van der Waals surface area contributed by atoms with Crippen molar-refractivity contribution in [2.45, 2.75) is 63.3 Å². The summed E-state index contributed by atoms with van der Waals surface area (Å²) in [4.78, 5) is 12.0. The highest BCUT2D eigenvalue weighted by molar-refractivity contribution is 5.89. The zero-order valence-corrected chi connectivity index (χ0v) is 9.38. The molecular formula is C12H18O3. The number of Topliss-reactive ketones (excluding diaryl/α,β-unsaturated/α-hetero) is 1. The van der Waals surface area contributed by atoms with Crippen LogP contribution >= 0.6 is 0 Å². The third-order valence-electron chi connectivity index (χ3n) is 4.93. The molecule has 2 heterocycles. The van der Waals surface area contributed by atoms with Crippen LogP contribution in [-0.2, 0) is 9.53 Å². The maximum Gasteiger partial charge on any atom is 0.141 e. The molecule has 3 heteroatoms. The molecule has 0 aromatic rings. The van der Waals surface area contributed by atoms with Crippen molar-refractivity contribution < 1.29 is 14.6 Å². The van der Waals surface area contributed by atoms with Gasteiger partial charge in [-0.1, -0.05) is 0 Å². The van der Waals surface area contributed by atoms with Crippen molar-refractivity contribution in [3.8, 4) is 0 Å². The van der Waals surface area contributed by atoms with Gasteiger partial charge in [-0.15, -0.1) is 0 Å². The van der Waals surface area contributed by atoms with E-state index in [4.69, 9.17) is 4.74 Å². The lowest BCUT2D eigenvalue weighted by Gasteiger charge is -2.49. The molecule has 84 valence electrons. The van der Waals surface area contributed by atoms with E-state index in [1.54, 1.807) is 0 Å². The lowest BCUT2D eigenvalue weighted by atomic mass is 9.67. The fourth-order valence-electron chi connectivity index (χ4n) is 3.98. The summed E-state index contributed by atoms with van der Waals surface area (Å²) in [6, 6.07) is 0. The Morgan fingerprint density at radius 2 is 2.13 bits per heavy atom. The van der Waals surface area contributed by atoms with Crippen molar-refractivity contribution in [2.75, 3.05) is 0 Å². The smallest absolute Gasteiger partial charge is 0.141 e. The van der Waals surface area contributed by atoms with Crippen LogP contribution in [0.15, 0.2) is 0 Å². The zero-order chi connectivity index (χ0) is 10.9. The van der Waals surface area contributed by atoms with Gasteiger partial charge in [-0.25, -0.2) is 0 Å². The summed E-state index contributed by atoms with van der Waals surface area (Å²) in [5.74, 6) is 0.228. The molecule has 2 aliphatic heterocycles. The number of aliphatic hydroxyl groups is 1. The Kier molecular flexibility index (Phi) is 1.61. The van der Waals surface area contributed by atoms with E-state index in [1.165, 1.54) is 0 Å². The van der Waals surface area contributed by atoms with Crippen LogP contribution < -0.4 is 0 Å². The molecular weight excluding hydrogens is 192 g/mol. The Hall–Kier alpha value is -0.410. The van der Waals surface area contributed by atoms with Gasteiger partial charge in [-0.3, -0.25) is 4.79 Å². The molecule has 0 aromatic heterocycles. The second-order valence-corrected chi connectivity index (χ2v) is 5.95. The van der Waals surface area contributed by atoms with Crippen molar-refractivity contribution in [1.82, 2.24) is 0 Å². The number of rotatable bonds is 0. The van der Waals surface area contributed by atoms with E-state index in [2.05, 4.69) is 6.92 Å². The number of ether oxygens (including phenoxy) is 1. The van der Waals surface area contributed by atoms with Gasteiger partial charge in [0, 0.05) is 6.42 Å². The maximum atomic E-state index is 12.0. The molecule has 1 aliphatic carbocycles. The van der Waals surface area contributed by atoms with E-state index in [9.17, 15) is 9.90 Å². The number of ketones is 1. The van der Waals surface area contributed by atoms with E-state index in [-0.39, 0.29) is 17.5 Å². The van der Waals surface area contributed by atoms with E-state index < -0.39 is 11.0 Å². The molecule has 1 N–H and O–H groups in total. The van der Waals surface area contributed by atoms with Gasteiger partial charge in [0.2, 0.25) is 0 Å². The number of fused-ring (bicyclic) bond motifs is 4.